The molecular formula is C14H18ClFN2O. The van der Waals surface area contributed by atoms with E-state index in [4.69, 9.17) is 0 Å². The predicted molar refractivity (Wildman–Crippen MR) is 75.6 cm³/mol. The Morgan fingerprint density at radius 3 is 2.47 bits per heavy atom. The average Bonchev–Trinajstić information content (AvgIpc) is 3.12. The summed E-state index contributed by atoms with van der Waals surface area (Å²) in [7, 11) is 0. The van der Waals surface area contributed by atoms with Crippen molar-refractivity contribution in [3.8, 4) is 0 Å². The molecule has 2 atom stereocenters. The summed E-state index contributed by atoms with van der Waals surface area (Å²) in [5.74, 6) is 0.577. The number of hydrogen-bond donors (Lipinski definition) is 2. The molecule has 0 bridgehead atoms. The molecule has 1 aromatic rings. The maximum atomic E-state index is 13.0. The molecule has 2 N–H and O–H groups in total. The van der Waals surface area contributed by atoms with Crippen LogP contribution in [0.25, 0.3) is 0 Å². The lowest BCUT2D eigenvalue weighted by Crippen LogP contribution is -2.35. The minimum absolute atomic E-state index is 0. The van der Waals surface area contributed by atoms with Crippen LogP contribution < -0.4 is 10.6 Å². The van der Waals surface area contributed by atoms with E-state index < -0.39 is 12.2 Å². The van der Waals surface area contributed by atoms with Crippen molar-refractivity contribution in [2.45, 2.75) is 37.4 Å². The number of alkyl halides is 1. The summed E-state index contributed by atoms with van der Waals surface area (Å²) in [5, 5.41) is 5.70. The van der Waals surface area contributed by atoms with Crippen LogP contribution in [0.2, 0.25) is 0 Å². The standard InChI is InChI=1S/C14H17FN2O.ClH/c15-11-7-13(16-8-11)14(18)17-12-5-3-10(4-6-12)9-1-2-9;/h3-6,9,11,13,16H,1-2,7-8H2,(H,17,18);1H/t11-,13+;/m0./s1. The minimum atomic E-state index is -0.905. The molecule has 0 spiro atoms. The van der Waals surface area contributed by atoms with E-state index in [1.54, 1.807) is 0 Å². The fourth-order valence-electron chi connectivity index (χ4n) is 2.38. The number of carbonyl (C=O) groups excluding carboxylic acids is 1. The molecule has 19 heavy (non-hydrogen) atoms. The lowest BCUT2D eigenvalue weighted by Gasteiger charge is -2.11. The van der Waals surface area contributed by atoms with Gasteiger partial charge >= 0.3 is 0 Å². The Bertz CT molecular complexity index is 447. The number of hydrogen-bond acceptors (Lipinski definition) is 2. The zero-order chi connectivity index (χ0) is 12.5. The van der Waals surface area contributed by atoms with Gasteiger partial charge in [0.05, 0.1) is 6.04 Å². The van der Waals surface area contributed by atoms with Gasteiger partial charge in [0.15, 0.2) is 0 Å². The van der Waals surface area contributed by atoms with Crippen molar-refractivity contribution in [2.75, 3.05) is 11.9 Å². The molecule has 1 aliphatic carbocycles. The summed E-state index contributed by atoms with van der Waals surface area (Å²) < 4.78 is 13.0. The summed E-state index contributed by atoms with van der Waals surface area (Å²) in [6.45, 7) is 0.276. The van der Waals surface area contributed by atoms with E-state index in [2.05, 4.69) is 22.8 Å². The van der Waals surface area contributed by atoms with Gasteiger partial charge in [0.2, 0.25) is 5.91 Å². The quantitative estimate of drug-likeness (QED) is 0.896. The number of benzene rings is 1. The van der Waals surface area contributed by atoms with Crippen molar-refractivity contribution >= 4 is 24.0 Å². The van der Waals surface area contributed by atoms with Gasteiger partial charge in [-0.15, -0.1) is 12.4 Å². The zero-order valence-corrected chi connectivity index (χ0v) is 11.4. The van der Waals surface area contributed by atoms with E-state index in [0.29, 0.717) is 0 Å². The zero-order valence-electron chi connectivity index (χ0n) is 10.6. The molecule has 1 saturated heterocycles. The Labute approximate surface area is 118 Å². The Balaban J connectivity index is 0.00000133. The molecule has 2 aliphatic rings. The smallest absolute Gasteiger partial charge is 0.241 e. The topological polar surface area (TPSA) is 41.1 Å². The fourth-order valence-corrected chi connectivity index (χ4v) is 2.38. The Morgan fingerprint density at radius 1 is 1.26 bits per heavy atom. The third-order valence-electron chi connectivity index (χ3n) is 3.62. The number of halogens is 2. The molecule has 5 heteroatoms. The monoisotopic (exact) mass is 284 g/mol. The second-order valence-corrected chi connectivity index (χ2v) is 5.18. The van der Waals surface area contributed by atoms with Crippen molar-refractivity contribution < 1.29 is 9.18 Å². The van der Waals surface area contributed by atoms with Gasteiger partial charge in [-0.2, -0.15) is 0 Å². The summed E-state index contributed by atoms with van der Waals surface area (Å²) in [4.78, 5) is 11.9. The van der Waals surface area contributed by atoms with Gasteiger partial charge in [-0.25, -0.2) is 4.39 Å². The first kappa shape index (κ1) is 14.3. The predicted octanol–water partition coefficient (Wildman–Crippen LogP) is 2.62. The lowest BCUT2D eigenvalue weighted by atomic mass is 10.1. The summed E-state index contributed by atoms with van der Waals surface area (Å²) in [6, 6.07) is 7.57. The molecule has 2 fully saturated rings. The molecule has 3 nitrogen and oxygen atoms in total. The highest BCUT2D eigenvalue weighted by Crippen LogP contribution is 2.40. The first-order valence-electron chi connectivity index (χ1n) is 6.50. The SMILES string of the molecule is Cl.O=C(Nc1ccc(C2CC2)cc1)[C@H]1C[C@H](F)CN1. The minimum Gasteiger partial charge on any atom is -0.325 e. The Morgan fingerprint density at radius 2 is 1.95 bits per heavy atom. The molecule has 104 valence electrons. The third-order valence-corrected chi connectivity index (χ3v) is 3.62. The van der Waals surface area contributed by atoms with E-state index >= 15 is 0 Å². The molecule has 1 aromatic carbocycles. The van der Waals surface area contributed by atoms with Gasteiger partial charge in [0.25, 0.3) is 0 Å². The van der Waals surface area contributed by atoms with Crippen LogP contribution >= 0.6 is 12.4 Å². The van der Waals surface area contributed by atoms with Gasteiger partial charge in [-0.1, -0.05) is 12.1 Å². The van der Waals surface area contributed by atoms with Crippen molar-refractivity contribution in [3.63, 3.8) is 0 Å². The summed E-state index contributed by atoms with van der Waals surface area (Å²) in [5.41, 5.74) is 2.13. The van der Waals surface area contributed by atoms with Crippen molar-refractivity contribution in [2.24, 2.45) is 0 Å². The molecule has 1 aliphatic heterocycles. The molecule has 0 radical (unpaired) electrons. The van der Waals surface area contributed by atoms with Crippen molar-refractivity contribution in [1.82, 2.24) is 5.32 Å². The van der Waals surface area contributed by atoms with Crippen LogP contribution in [0.3, 0.4) is 0 Å². The number of carbonyl (C=O) groups is 1. The highest BCUT2D eigenvalue weighted by molar-refractivity contribution is 5.95. The average molecular weight is 285 g/mol. The second-order valence-electron chi connectivity index (χ2n) is 5.18. The number of amides is 1. The number of rotatable bonds is 3. The molecule has 0 aromatic heterocycles. The third kappa shape index (κ3) is 3.45. The largest absolute Gasteiger partial charge is 0.325 e. The lowest BCUT2D eigenvalue weighted by molar-refractivity contribution is -0.117. The van der Waals surface area contributed by atoms with Gasteiger partial charge < -0.3 is 10.6 Å². The van der Waals surface area contributed by atoms with Gasteiger partial charge in [-0.05, 0) is 36.5 Å². The van der Waals surface area contributed by atoms with Gasteiger partial charge in [-0.3, -0.25) is 4.79 Å². The van der Waals surface area contributed by atoms with Crippen molar-refractivity contribution in [3.05, 3.63) is 29.8 Å². The van der Waals surface area contributed by atoms with Crippen LogP contribution in [0.1, 0.15) is 30.7 Å². The van der Waals surface area contributed by atoms with Crippen LogP contribution in [-0.2, 0) is 4.79 Å². The van der Waals surface area contributed by atoms with Crippen LogP contribution in [0.5, 0.6) is 0 Å². The van der Waals surface area contributed by atoms with Crippen molar-refractivity contribution in [1.29, 1.82) is 0 Å². The van der Waals surface area contributed by atoms with Crippen LogP contribution in [0.4, 0.5) is 10.1 Å². The van der Waals surface area contributed by atoms with E-state index in [1.807, 2.05) is 12.1 Å². The maximum absolute atomic E-state index is 13.0. The fraction of sp³-hybridized carbons (Fsp3) is 0.500. The van der Waals surface area contributed by atoms with Crippen LogP contribution in [0.15, 0.2) is 24.3 Å². The maximum Gasteiger partial charge on any atom is 0.241 e. The molecule has 3 rings (SSSR count). The van der Waals surface area contributed by atoms with Gasteiger partial charge in [0.1, 0.15) is 6.17 Å². The molecular weight excluding hydrogens is 267 g/mol. The number of nitrogens with one attached hydrogen (secondary N) is 2. The Kier molecular flexibility index (Phi) is 4.42. The van der Waals surface area contributed by atoms with Crippen LogP contribution in [0, 0.1) is 0 Å². The molecule has 1 heterocycles. The first-order valence-corrected chi connectivity index (χ1v) is 6.50. The van der Waals surface area contributed by atoms with E-state index in [-0.39, 0.29) is 31.3 Å². The second kappa shape index (κ2) is 5.88. The van der Waals surface area contributed by atoms with E-state index in [9.17, 15) is 9.18 Å². The number of anilines is 1. The summed E-state index contributed by atoms with van der Waals surface area (Å²) in [6.07, 6.45) is 1.91. The summed E-state index contributed by atoms with van der Waals surface area (Å²) >= 11 is 0. The van der Waals surface area contributed by atoms with Crippen LogP contribution in [-0.4, -0.2) is 24.7 Å². The molecule has 0 unspecified atom stereocenters. The molecule has 1 saturated carbocycles. The Hall–Kier alpha value is -1.13. The first-order chi connectivity index (χ1) is 8.72. The highest BCUT2D eigenvalue weighted by atomic mass is 35.5. The van der Waals surface area contributed by atoms with Gasteiger partial charge in [0, 0.05) is 18.7 Å². The van der Waals surface area contributed by atoms with E-state index in [0.717, 1.165) is 11.6 Å². The van der Waals surface area contributed by atoms with E-state index in [1.165, 1.54) is 18.4 Å². The highest BCUT2D eigenvalue weighted by Gasteiger charge is 2.29. The normalized spacial score (nSPS) is 25.7. The molecule has 1 amide bonds.